The van der Waals surface area contributed by atoms with Crippen LogP contribution in [-0.4, -0.2) is 47.6 Å². The molecule has 0 N–H and O–H groups in total. The van der Waals surface area contributed by atoms with E-state index < -0.39 is 0 Å². The van der Waals surface area contributed by atoms with Crippen LogP contribution in [0.4, 0.5) is 4.39 Å². The highest BCUT2D eigenvalue weighted by atomic mass is 19.1. The fourth-order valence-corrected chi connectivity index (χ4v) is 2.81. The van der Waals surface area contributed by atoms with E-state index in [-0.39, 0.29) is 5.82 Å². The summed E-state index contributed by atoms with van der Waals surface area (Å²) in [5, 5.41) is 0.992. The number of rotatable bonds is 2. The smallest absolute Gasteiger partial charge is 0.147 e. The highest BCUT2D eigenvalue weighted by Gasteiger charge is 2.16. The topological polar surface area (TPSA) is 11.4 Å². The monoisotopic (exact) mass is 261 g/mol. The van der Waals surface area contributed by atoms with Gasteiger partial charge in [-0.05, 0) is 19.2 Å². The zero-order chi connectivity index (χ0) is 13.4. The Bertz CT molecular complexity index is 582. The SMILES string of the molecule is CN1CCN(Cc2cc3cccc(F)c3n2C)CC1. The number of benzene rings is 1. The van der Waals surface area contributed by atoms with E-state index in [0.29, 0.717) is 5.52 Å². The molecule has 3 nitrogen and oxygen atoms in total. The minimum Gasteiger partial charge on any atom is -0.344 e. The largest absolute Gasteiger partial charge is 0.344 e. The first kappa shape index (κ1) is 12.6. The van der Waals surface area contributed by atoms with Crippen LogP contribution < -0.4 is 0 Å². The van der Waals surface area contributed by atoms with Crippen LogP contribution in [0.3, 0.4) is 0 Å². The molecule has 1 aliphatic heterocycles. The highest BCUT2D eigenvalue weighted by Crippen LogP contribution is 2.22. The number of para-hydroxylation sites is 1. The van der Waals surface area contributed by atoms with E-state index in [4.69, 9.17) is 0 Å². The van der Waals surface area contributed by atoms with Gasteiger partial charge in [0.25, 0.3) is 0 Å². The molecule has 0 unspecified atom stereocenters. The predicted molar refractivity (Wildman–Crippen MR) is 75.7 cm³/mol. The Balaban J connectivity index is 1.85. The van der Waals surface area contributed by atoms with E-state index in [9.17, 15) is 4.39 Å². The molecular formula is C15H20FN3. The molecule has 1 aromatic carbocycles. The molecule has 0 atom stereocenters. The molecule has 1 aliphatic rings. The van der Waals surface area contributed by atoms with Gasteiger partial charge < -0.3 is 9.47 Å². The lowest BCUT2D eigenvalue weighted by molar-refractivity contribution is 0.146. The van der Waals surface area contributed by atoms with Crippen molar-refractivity contribution in [1.82, 2.24) is 14.4 Å². The molecule has 2 aromatic rings. The van der Waals surface area contributed by atoms with Crippen molar-refractivity contribution in [2.45, 2.75) is 6.54 Å². The van der Waals surface area contributed by atoms with Gasteiger partial charge in [0.2, 0.25) is 0 Å². The minimum atomic E-state index is -0.135. The molecule has 1 aromatic heterocycles. The van der Waals surface area contributed by atoms with Crippen LogP contribution in [0, 0.1) is 5.82 Å². The maximum absolute atomic E-state index is 13.8. The van der Waals surface area contributed by atoms with Crippen LogP contribution in [-0.2, 0) is 13.6 Å². The summed E-state index contributed by atoms with van der Waals surface area (Å²) >= 11 is 0. The summed E-state index contributed by atoms with van der Waals surface area (Å²) < 4.78 is 15.8. The first-order chi connectivity index (χ1) is 9.15. The van der Waals surface area contributed by atoms with E-state index in [1.807, 2.05) is 17.7 Å². The molecule has 2 heterocycles. The molecular weight excluding hydrogens is 241 g/mol. The van der Waals surface area contributed by atoms with Crippen molar-refractivity contribution in [2.75, 3.05) is 33.2 Å². The third-order valence-corrected chi connectivity index (χ3v) is 4.09. The second-order valence-electron chi connectivity index (χ2n) is 5.45. The van der Waals surface area contributed by atoms with Crippen molar-refractivity contribution in [1.29, 1.82) is 0 Å². The molecule has 1 saturated heterocycles. The van der Waals surface area contributed by atoms with Gasteiger partial charge in [-0.3, -0.25) is 4.90 Å². The van der Waals surface area contributed by atoms with E-state index in [2.05, 4.69) is 22.9 Å². The lowest BCUT2D eigenvalue weighted by Gasteiger charge is -2.32. The van der Waals surface area contributed by atoms with Gasteiger partial charge in [0.05, 0.1) is 5.52 Å². The molecule has 0 amide bonds. The molecule has 19 heavy (non-hydrogen) atoms. The number of piperazine rings is 1. The fourth-order valence-electron chi connectivity index (χ4n) is 2.81. The van der Waals surface area contributed by atoms with Crippen LogP contribution in [0.5, 0.6) is 0 Å². The standard InChI is InChI=1S/C15H20FN3/c1-17-6-8-19(9-7-17)11-13-10-12-4-3-5-14(16)15(12)18(13)2/h3-5,10H,6-9,11H2,1-2H3. The quantitative estimate of drug-likeness (QED) is 0.820. The first-order valence-corrected chi connectivity index (χ1v) is 6.79. The third kappa shape index (κ3) is 2.38. The van der Waals surface area contributed by atoms with Crippen molar-refractivity contribution < 1.29 is 4.39 Å². The van der Waals surface area contributed by atoms with Crippen LogP contribution in [0.15, 0.2) is 24.3 Å². The average Bonchev–Trinajstić information content (AvgIpc) is 2.71. The minimum absolute atomic E-state index is 0.135. The van der Waals surface area contributed by atoms with Crippen molar-refractivity contribution in [3.05, 3.63) is 35.8 Å². The zero-order valence-corrected chi connectivity index (χ0v) is 11.6. The number of halogens is 1. The second kappa shape index (κ2) is 4.94. The number of hydrogen-bond acceptors (Lipinski definition) is 2. The Morgan fingerprint density at radius 2 is 1.84 bits per heavy atom. The molecule has 4 heteroatoms. The third-order valence-electron chi connectivity index (χ3n) is 4.09. The lowest BCUT2D eigenvalue weighted by Crippen LogP contribution is -2.44. The van der Waals surface area contributed by atoms with Crippen LogP contribution in [0.1, 0.15) is 5.69 Å². The molecule has 0 aliphatic carbocycles. The summed E-state index contributed by atoms with van der Waals surface area (Å²) in [6.07, 6.45) is 0. The zero-order valence-electron chi connectivity index (χ0n) is 11.6. The predicted octanol–water partition coefficient (Wildman–Crippen LogP) is 2.06. The molecule has 0 saturated carbocycles. The molecule has 0 radical (unpaired) electrons. The number of aromatic nitrogens is 1. The highest BCUT2D eigenvalue weighted by molar-refractivity contribution is 5.81. The van der Waals surface area contributed by atoms with Crippen LogP contribution in [0.2, 0.25) is 0 Å². The Kier molecular flexibility index (Phi) is 3.29. The van der Waals surface area contributed by atoms with Gasteiger partial charge in [-0.15, -0.1) is 0 Å². The summed E-state index contributed by atoms with van der Waals surface area (Å²) in [4.78, 5) is 4.78. The molecule has 102 valence electrons. The van der Waals surface area contributed by atoms with Gasteiger partial charge in [0.15, 0.2) is 0 Å². The summed E-state index contributed by atoms with van der Waals surface area (Å²) in [7, 11) is 4.11. The van der Waals surface area contributed by atoms with E-state index in [0.717, 1.165) is 38.1 Å². The lowest BCUT2D eigenvalue weighted by atomic mass is 10.2. The summed E-state index contributed by atoms with van der Waals surface area (Å²) in [5.41, 5.74) is 1.90. The number of hydrogen-bond donors (Lipinski definition) is 0. The number of nitrogens with zero attached hydrogens (tertiary/aromatic N) is 3. The van der Waals surface area contributed by atoms with Gasteiger partial charge in [-0.25, -0.2) is 4.39 Å². The molecule has 1 fully saturated rings. The van der Waals surface area contributed by atoms with Gasteiger partial charge in [0, 0.05) is 50.9 Å². The Labute approximate surface area is 113 Å². The molecule has 0 spiro atoms. The summed E-state index contributed by atoms with van der Waals surface area (Å²) in [5.74, 6) is -0.135. The van der Waals surface area contributed by atoms with E-state index in [1.165, 1.54) is 11.8 Å². The van der Waals surface area contributed by atoms with Crippen molar-refractivity contribution >= 4 is 10.9 Å². The second-order valence-corrected chi connectivity index (χ2v) is 5.45. The Morgan fingerprint density at radius 3 is 2.53 bits per heavy atom. The van der Waals surface area contributed by atoms with Gasteiger partial charge >= 0.3 is 0 Å². The van der Waals surface area contributed by atoms with Gasteiger partial charge in [-0.2, -0.15) is 0 Å². The Morgan fingerprint density at radius 1 is 1.11 bits per heavy atom. The first-order valence-electron chi connectivity index (χ1n) is 6.79. The molecule has 3 rings (SSSR count). The van der Waals surface area contributed by atoms with Crippen molar-refractivity contribution in [2.24, 2.45) is 7.05 Å². The normalized spacial score (nSPS) is 18.3. The van der Waals surface area contributed by atoms with Gasteiger partial charge in [0.1, 0.15) is 5.82 Å². The summed E-state index contributed by atoms with van der Waals surface area (Å²) in [6, 6.07) is 7.39. The molecule has 0 bridgehead atoms. The fraction of sp³-hybridized carbons (Fsp3) is 0.467. The van der Waals surface area contributed by atoms with E-state index in [1.54, 1.807) is 6.07 Å². The average molecular weight is 261 g/mol. The number of fused-ring (bicyclic) bond motifs is 1. The maximum Gasteiger partial charge on any atom is 0.147 e. The van der Waals surface area contributed by atoms with Gasteiger partial charge in [-0.1, -0.05) is 12.1 Å². The van der Waals surface area contributed by atoms with Crippen molar-refractivity contribution in [3.8, 4) is 0 Å². The maximum atomic E-state index is 13.8. The van der Waals surface area contributed by atoms with Crippen LogP contribution in [0.25, 0.3) is 10.9 Å². The van der Waals surface area contributed by atoms with Crippen molar-refractivity contribution in [3.63, 3.8) is 0 Å². The Hall–Kier alpha value is -1.39. The number of likely N-dealkylation sites (N-methyl/N-ethyl adjacent to an activating group) is 1. The van der Waals surface area contributed by atoms with Crippen LogP contribution >= 0.6 is 0 Å². The summed E-state index contributed by atoms with van der Waals surface area (Å²) in [6.45, 7) is 5.29. The number of aryl methyl sites for hydroxylation is 1. The van der Waals surface area contributed by atoms with E-state index >= 15 is 0 Å².